The molecule has 2 aliphatic rings. The minimum absolute atomic E-state index is 0.118. The smallest absolute Gasteiger partial charge is 0.394 e. The summed E-state index contributed by atoms with van der Waals surface area (Å²) in [4.78, 5) is 0. The normalized spacial score (nSPS) is 25.7. The molecule has 0 amide bonds. The number of rotatable bonds is 32. The average Bonchev–Trinajstić information content (AvgIpc) is 3.14. The second kappa shape index (κ2) is 29.1. The summed E-state index contributed by atoms with van der Waals surface area (Å²) in [5, 5.41) is 54.1. The van der Waals surface area contributed by atoms with E-state index < -0.39 is 68.3 Å². The maximum absolute atomic E-state index is 14.3. The van der Waals surface area contributed by atoms with Gasteiger partial charge in [-0.15, -0.1) is 0 Å². The quantitative estimate of drug-likeness (QED) is 0.0373. The number of halogens is 3. The third-order valence-corrected chi connectivity index (χ3v) is 15.6. The highest BCUT2D eigenvalue weighted by atomic mass is 32.3. The molecule has 0 aliphatic carbocycles. The van der Waals surface area contributed by atoms with E-state index in [1.165, 1.54) is 114 Å². The Hall–Kier alpha value is -0.180. The molecule has 2 saturated heterocycles. The van der Waals surface area contributed by atoms with Crippen LogP contribution < -0.4 is 5.32 Å². The molecule has 0 bridgehead atoms. The van der Waals surface area contributed by atoms with Gasteiger partial charge in [0.15, 0.2) is 6.29 Å². The number of aliphatic hydroxyl groups excluding tert-OH is 5. The highest BCUT2D eigenvalue weighted by Gasteiger charge is 2.45. The van der Waals surface area contributed by atoms with Crippen molar-refractivity contribution in [3.63, 3.8) is 0 Å². The second-order valence-corrected chi connectivity index (χ2v) is 20.9. The summed E-state index contributed by atoms with van der Waals surface area (Å²) < 4.78 is 54.1. The summed E-state index contributed by atoms with van der Waals surface area (Å²) in [5.74, 6) is 4.26. The van der Waals surface area contributed by atoms with Crippen LogP contribution in [0.2, 0.25) is 0 Å². The molecule has 2 aliphatic heterocycles. The molecule has 0 aromatic carbocycles. The van der Waals surface area contributed by atoms with E-state index in [2.05, 4.69) is 18.5 Å². The van der Waals surface area contributed by atoms with Gasteiger partial charge in [0, 0.05) is 0 Å². The molecule has 324 valence electrons. The van der Waals surface area contributed by atoms with Crippen LogP contribution in [0.5, 0.6) is 0 Å². The molecule has 8 atom stereocenters. The maximum atomic E-state index is 14.3. The van der Waals surface area contributed by atoms with E-state index in [1.807, 2.05) is 0 Å². The van der Waals surface area contributed by atoms with Crippen molar-refractivity contribution in [1.29, 1.82) is 0 Å². The standard InChI is InChI=1S/C42H82F3NO7S/c1-3-4-5-6-7-8-9-10-11-12-15-18-22-27-35(48)34(33-52-41-40(51)39(50)38(49)36(32-47)53-41)46-37(42(43,44)45)28-23-19-16-13-14-17-20-24-29-54(2)30-25-21-26-31-54/h34-41,46-51H,3-33H2,1-2H3/t34-,35+,36?,37?,38?,39?,40?,41?/m0/s1. The average molecular weight is 802 g/mol. The summed E-state index contributed by atoms with van der Waals surface area (Å²) in [6, 6.07) is -2.95. The third-order valence-electron chi connectivity index (χ3n) is 11.8. The maximum Gasteiger partial charge on any atom is 0.403 e. The number of unbranched alkanes of at least 4 members (excludes halogenated alkanes) is 19. The van der Waals surface area contributed by atoms with Gasteiger partial charge in [-0.25, -0.2) is 10.0 Å². The van der Waals surface area contributed by atoms with E-state index in [0.29, 0.717) is 25.7 Å². The Bertz CT molecular complexity index is 898. The number of aliphatic hydroxyl groups is 5. The van der Waals surface area contributed by atoms with Crippen molar-refractivity contribution in [3.8, 4) is 0 Å². The lowest BCUT2D eigenvalue weighted by Gasteiger charge is -2.40. The number of ether oxygens (including phenoxy) is 2. The predicted molar refractivity (Wildman–Crippen MR) is 216 cm³/mol. The SMILES string of the molecule is CCCCCCCCCCCCCCC[C@@H](O)[C@H](COC1OC(CO)C(O)C(O)C1O)NC(CCCCCCCCCCS1(C)CCCCC1)C(F)(F)F. The molecule has 6 N–H and O–H groups in total. The van der Waals surface area contributed by atoms with Gasteiger partial charge in [-0.1, -0.05) is 142 Å². The van der Waals surface area contributed by atoms with Crippen LogP contribution in [0.1, 0.15) is 174 Å². The molecule has 0 spiro atoms. The van der Waals surface area contributed by atoms with Crippen LogP contribution in [-0.2, 0) is 9.47 Å². The first-order chi connectivity index (χ1) is 25.9. The largest absolute Gasteiger partial charge is 0.403 e. The molecule has 0 aromatic heterocycles. The molecule has 54 heavy (non-hydrogen) atoms. The molecule has 2 heterocycles. The zero-order valence-electron chi connectivity index (χ0n) is 34.1. The molecule has 12 heteroatoms. The fraction of sp³-hybridized carbons (Fsp3) is 1.00. The van der Waals surface area contributed by atoms with Crippen LogP contribution in [0, 0.1) is 0 Å². The Morgan fingerprint density at radius 2 is 1.17 bits per heavy atom. The summed E-state index contributed by atoms with van der Waals surface area (Å²) >= 11 is 0. The molecule has 0 saturated carbocycles. The van der Waals surface area contributed by atoms with Crippen LogP contribution in [0.4, 0.5) is 13.2 Å². The van der Waals surface area contributed by atoms with Crippen LogP contribution in [0.3, 0.4) is 0 Å². The van der Waals surface area contributed by atoms with Gasteiger partial charge in [-0.2, -0.15) is 13.2 Å². The zero-order chi connectivity index (χ0) is 39.7. The Morgan fingerprint density at radius 1 is 0.685 bits per heavy atom. The van der Waals surface area contributed by atoms with E-state index in [1.54, 1.807) is 0 Å². The van der Waals surface area contributed by atoms with E-state index in [4.69, 9.17) is 9.47 Å². The first-order valence-corrected chi connectivity index (χ1v) is 24.6. The van der Waals surface area contributed by atoms with Crippen molar-refractivity contribution < 1.29 is 48.2 Å². The number of alkyl halides is 3. The Balaban J connectivity index is 1.79. The van der Waals surface area contributed by atoms with E-state index in [9.17, 15) is 38.7 Å². The summed E-state index contributed by atoms with van der Waals surface area (Å²) in [7, 11) is -0.381. The van der Waals surface area contributed by atoms with Crippen molar-refractivity contribution >= 4 is 10.0 Å². The Kier molecular flexibility index (Phi) is 26.9. The van der Waals surface area contributed by atoms with Crippen molar-refractivity contribution in [3.05, 3.63) is 0 Å². The fourth-order valence-electron chi connectivity index (χ4n) is 8.09. The van der Waals surface area contributed by atoms with Gasteiger partial charge in [0.1, 0.15) is 30.5 Å². The Labute approximate surface area is 328 Å². The first kappa shape index (κ1) is 50.0. The molecular weight excluding hydrogens is 720 g/mol. The molecular formula is C42H82F3NO7S. The minimum Gasteiger partial charge on any atom is -0.394 e. The summed E-state index contributed by atoms with van der Waals surface area (Å²) in [6.45, 7) is 1.16. The van der Waals surface area contributed by atoms with E-state index in [-0.39, 0.29) is 16.4 Å². The summed E-state index contributed by atoms with van der Waals surface area (Å²) in [5.41, 5.74) is 0. The van der Waals surface area contributed by atoms with Crippen molar-refractivity contribution in [2.24, 2.45) is 0 Å². The van der Waals surface area contributed by atoms with Crippen molar-refractivity contribution in [2.45, 2.75) is 229 Å². The number of nitrogens with one attached hydrogen (secondary N) is 1. The number of hydrogen-bond donors (Lipinski definition) is 6. The molecule has 0 aromatic rings. The van der Waals surface area contributed by atoms with Gasteiger partial charge < -0.3 is 35.0 Å². The lowest BCUT2D eigenvalue weighted by atomic mass is 9.98. The molecule has 2 rings (SSSR count). The zero-order valence-corrected chi connectivity index (χ0v) is 35.0. The van der Waals surface area contributed by atoms with E-state index >= 15 is 0 Å². The molecule has 8 nitrogen and oxygen atoms in total. The highest BCUT2D eigenvalue weighted by Crippen LogP contribution is 2.49. The minimum atomic E-state index is -4.53. The van der Waals surface area contributed by atoms with Crippen molar-refractivity contribution in [2.75, 3.05) is 36.7 Å². The lowest BCUT2D eigenvalue weighted by molar-refractivity contribution is -0.303. The van der Waals surface area contributed by atoms with Crippen LogP contribution in [0.15, 0.2) is 0 Å². The highest BCUT2D eigenvalue weighted by molar-refractivity contribution is 8.33. The molecule has 0 radical (unpaired) electrons. The van der Waals surface area contributed by atoms with Crippen LogP contribution in [-0.4, -0.2) is 117 Å². The van der Waals surface area contributed by atoms with Gasteiger partial charge in [0.2, 0.25) is 0 Å². The van der Waals surface area contributed by atoms with Crippen LogP contribution >= 0.6 is 10.0 Å². The topological polar surface area (TPSA) is 132 Å². The monoisotopic (exact) mass is 802 g/mol. The molecule has 6 unspecified atom stereocenters. The first-order valence-electron chi connectivity index (χ1n) is 22.1. The Morgan fingerprint density at radius 3 is 1.67 bits per heavy atom. The van der Waals surface area contributed by atoms with E-state index in [0.717, 1.165) is 38.5 Å². The van der Waals surface area contributed by atoms with Gasteiger partial charge >= 0.3 is 6.18 Å². The fourth-order valence-corrected chi connectivity index (χ4v) is 11.4. The number of hydrogen-bond acceptors (Lipinski definition) is 8. The van der Waals surface area contributed by atoms with Gasteiger partial charge in [0.05, 0.1) is 25.4 Å². The second-order valence-electron chi connectivity index (χ2n) is 16.8. The van der Waals surface area contributed by atoms with Crippen molar-refractivity contribution in [1.82, 2.24) is 5.32 Å². The van der Waals surface area contributed by atoms with Gasteiger partial charge in [-0.05, 0) is 55.6 Å². The van der Waals surface area contributed by atoms with Crippen LogP contribution in [0.25, 0.3) is 0 Å². The predicted octanol–water partition coefficient (Wildman–Crippen LogP) is 8.66. The summed E-state index contributed by atoms with van der Waals surface area (Å²) in [6.07, 6.45) is 16.6. The van der Waals surface area contributed by atoms with Gasteiger partial charge in [0.25, 0.3) is 0 Å². The molecule has 2 fully saturated rings. The third kappa shape index (κ3) is 21.0. The van der Waals surface area contributed by atoms with Gasteiger partial charge in [-0.3, -0.25) is 5.32 Å². The lowest BCUT2D eigenvalue weighted by Crippen LogP contribution is -2.60.